The van der Waals surface area contributed by atoms with E-state index in [1.165, 1.54) is 17.7 Å². The molecule has 0 N–H and O–H groups in total. The van der Waals surface area contributed by atoms with Crippen LogP contribution in [0.5, 0.6) is 11.5 Å². The fourth-order valence-electron chi connectivity index (χ4n) is 4.04. The summed E-state index contributed by atoms with van der Waals surface area (Å²) in [6, 6.07) is 12.2. The third-order valence-corrected chi connectivity index (χ3v) is 5.49. The van der Waals surface area contributed by atoms with Crippen LogP contribution in [0.2, 0.25) is 0 Å². The molecule has 0 saturated carbocycles. The lowest BCUT2D eigenvalue weighted by Crippen LogP contribution is -2.42. The zero-order valence-electron chi connectivity index (χ0n) is 16.2. The van der Waals surface area contributed by atoms with Crippen molar-refractivity contribution in [2.75, 3.05) is 19.7 Å². The summed E-state index contributed by atoms with van der Waals surface area (Å²) in [6.07, 6.45) is 3.57. The van der Waals surface area contributed by atoms with E-state index in [1.54, 1.807) is 12.1 Å². The zero-order chi connectivity index (χ0) is 19.5. The Hall–Kier alpha value is -2.56. The normalized spacial score (nSPS) is 21.1. The van der Waals surface area contributed by atoms with Crippen molar-refractivity contribution in [3.63, 3.8) is 0 Å². The number of amides is 1. The summed E-state index contributed by atoms with van der Waals surface area (Å²) >= 11 is 0. The van der Waals surface area contributed by atoms with E-state index in [0.717, 1.165) is 37.1 Å². The molecule has 0 aliphatic carbocycles. The minimum Gasteiger partial charge on any atom is -0.493 e. The minimum absolute atomic E-state index is 0.165. The maximum atomic E-state index is 13.0. The molecule has 0 bridgehead atoms. The van der Waals surface area contributed by atoms with Crippen LogP contribution < -0.4 is 9.47 Å². The monoisotopic (exact) mass is 383 g/mol. The quantitative estimate of drug-likeness (QED) is 0.783. The van der Waals surface area contributed by atoms with E-state index >= 15 is 0 Å². The smallest absolute Gasteiger partial charge is 0.227 e. The Kier molecular flexibility index (Phi) is 5.51. The predicted octanol–water partition coefficient (Wildman–Crippen LogP) is 4.01. The molecule has 0 radical (unpaired) electrons. The number of carbonyl (C=O) groups is 1. The summed E-state index contributed by atoms with van der Waals surface area (Å²) in [6.45, 7) is 4.12. The van der Waals surface area contributed by atoms with Crippen LogP contribution in [0.25, 0.3) is 0 Å². The molecule has 2 aromatic carbocycles. The van der Waals surface area contributed by atoms with Crippen LogP contribution in [0.3, 0.4) is 0 Å². The first-order chi connectivity index (χ1) is 13.6. The molecule has 2 atom stereocenters. The molecule has 1 fully saturated rings. The maximum Gasteiger partial charge on any atom is 0.227 e. The molecule has 0 unspecified atom stereocenters. The average molecular weight is 383 g/mol. The molecule has 0 spiro atoms. The Morgan fingerprint density at radius 2 is 2.07 bits per heavy atom. The molecular formula is C23H26FNO3. The predicted molar refractivity (Wildman–Crippen MR) is 105 cm³/mol. The number of fused-ring (bicyclic) bond motifs is 1. The number of nitrogens with zero attached hydrogens (tertiary/aromatic N) is 1. The minimum atomic E-state index is -0.269. The van der Waals surface area contributed by atoms with Gasteiger partial charge in [-0.25, -0.2) is 4.39 Å². The van der Waals surface area contributed by atoms with Gasteiger partial charge in [0.2, 0.25) is 5.91 Å². The van der Waals surface area contributed by atoms with Crippen molar-refractivity contribution in [3.05, 3.63) is 59.4 Å². The van der Waals surface area contributed by atoms with E-state index in [1.807, 2.05) is 17.0 Å². The molecule has 2 aliphatic rings. The second-order valence-electron chi connectivity index (χ2n) is 7.86. The number of hydrogen-bond acceptors (Lipinski definition) is 3. The highest BCUT2D eigenvalue weighted by molar-refractivity contribution is 5.79. The van der Waals surface area contributed by atoms with Gasteiger partial charge in [-0.1, -0.05) is 12.1 Å². The van der Waals surface area contributed by atoms with E-state index in [4.69, 9.17) is 9.47 Å². The van der Waals surface area contributed by atoms with Crippen molar-refractivity contribution < 1.29 is 18.7 Å². The highest BCUT2D eigenvalue weighted by Crippen LogP contribution is 2.29. The van der Waals surface area contributed by atoms with Crippen LogP contribution in [0.4, 0.5) is 4.39 Å². The number of carbonyl (C=O) groups excluding carboxylic acids is 1. The van der Waals surface area contributed by atoms with Gasteiger partial charge in [0.15, 0.2) is 0 Å². The Labute approximate surface area is 165 Å². The lowest BCUT2D eigenvalue weighted by atomic mass is 9.98. The van der Waals surface area contributed by atoms with Gasteiger partial charge in [0, 0.05) is 25.4 Å². The lowest BCUT2D eigenvalue weighted by Gasteiger charge is -2.32. The SMILES string of the molecule is C[C@@H]1Cc2cc(CC(=O)N3CCC[C@H](COc4ccc(F)cc4)C3)ccc2O1. The molecule has 28 heavy (non-hydrogen) atoms. The Balaban J connectivity index is 1.31. The molecule has 1 amide bonds. The van der Waals surface area contributed by atoms with Crippen LogP contribution >= 0.6 is 0 Å². The van der Waals surface area contributed by atoms with E-state index in [2.05, 4.69) is 13.0 Å². The number of halogens is 1. The first-order valence-electron chi connectivity index (χ1n) is 10.0. The van der Waals surface area contributed by atoms with Crippen LogP contribution in [0.1, 0.15) is 30.9 Å². The highest BCUT2D eigenvalue weighted by atomic mass is 19.1. The highest BCUT2D eigenvalue weighted by Gasteiger charge is 2.25. The van der Waals surface area contributed by atoms with Gasteiger partial charge < -0.3 is 14.4 Å². The second-order valence-corrected chi connectivity index (χ2v) is 7.86. The fraction of sp³-hybridized carbons (Fsp3) is 0.435. The summed E-state index contributed by atoms with van der Waals surface area (Å²) in [5.41, 5.74) is 2.24. The topological polar surface area (TPSA) is 38.8 Å². The molecular weight excluding hydrogens is 357 g/mol. The fourth-order valence-corrected chi connectivity index (χ4v) is 4.04. The third kappa shape index (κ3) is 4.46. The number of hydrogen-bond donors (Lipinski definition) is 0. The van der Waals surface area contributed by atoms with E-state index < -0.39 is 0 Å². The summed E-state index contributed by atoms with van der Waals surface area (Å²) < 4.78 is 24.5. The average Bonchev–Trinajstić information content (AvgIpc) is 3.07. The third-order valence-electron chi connectivity index (χ3n) is 5.49. The van der Waals surface area contributed by atoms with Crippen molar-refractivity contribution >= 4 is 5.91 Å². The van der Waals surface area contributed by atoms with Crippen LogP contribution in [0.15, 0.2) is 42.5 Å². The van der Waals surface area contributed by atoms with E-state index in [9.17, 15) is 9.18 Å². The van der Waals surface area contributed by atoms with Gasteiger partial charge in [-0.2, -0.15) is 0 Å². The molecule has 4 nitrogen and oxygen atoms in total. The summed E-state index contributed by atoms with van der Waals surface area (Å²) in [7, 11) is 0. The van der Waals surface area contributed by atoms with Crippen molar-refractivity contribution in [1.82, 2.24) is 4.90 Å². The number of benzene rings is 2. The maximum absolute atomic E-state index is 13.0. The van der Waals surface area contributed by atoms with E-state index in [-0.39, 0.29) is 17.8 Å². The second kappa shape index (κ2) is 8.21. The Morgan fingerprint density at radius 1 is 1.25 bits per heavy atom. The number of likely N-dealkylation sites (tertiary alicyclic amines) is 1. The number of rotatable bonds is 5. The first kappa shape index (κ1) is 18.8. The molecule has 2 aromatic rings. The molecule has 0 aromatic heterocycles. The van der Waals surface area contributed by atoms with Gasteiger partial charge in [0.1, 0.15) is 23.4 Å². The zero-order valence-corrected chi connectivity index (χ0v) is 16.2. The van der Waals surface area contributed by atoms with E-state index in [0.29, 0.717) is 31.2 Å². The Bertz CT molecular complexity index is 836. The standard InChI is InChI=1S/C23H26FNO3/c1-16-11-19-12-17(4-9-22(19)28-16)13-23(26)25-10-2-3-18(14-25)15-27-21-7-5-20(24)6-8-21/h4-9,12,16,18H,2-3,10-11,13-15H2,1H3/t16-,18+/m1/s1. The summed E-state index contributed by atoms with van der Waals surface area (Å²) in [4.78, 5) is 14.8. The first-order valence-corrected chi connectivity index (χ1v) is 10.0. The van der Waals surface area contributed by atoms with Gasteiger partial charge in [-0.05, 0) is 61.2 Å². The molecule has 4 rings (SSSR count). The molecule has 1 saturated heterocycles. The van der Waals surface area contributed by atoms with Gasteiger partial charge in [-0.3, -0.25) is 4.79 Å². The summed E-state index contributed by atoms with van der Waals surface area (Å²) in [5.74, 6) is 1.81. The van der Waals surface area contributed by atoms with Gasteiger partial charge in [-0.15, -0.1) is 0 Å². The van der Waals surface area contributed by atoms with Crippen molar-refractivity contribution in [2.24, 2.45) is 5.92 Å². The summed E-state index contributed by atoms with van der Waals surface area (Å²) in [5, 5.41) is 0. The van der Waals surface area contributed by atoms with Gasteiger partial charge >= 0.3 is 0 Å². The van der Waals surface area contributed by atoms with Crippen molar-refractivity contribution in [2.45, 2.75) is 38.7 Å². The number of ether oxygens (including phenoxy) is 2. The molecule has 2 heterocycles. The van der Waals surface area contributed by atoms with Crippen molar-refractivity contribution in [3.8, 4) is 11.5 Å². The van der Waals surface area contributed by atoms with Crippen LogP contribution in [-0.4, -0.2) is 36.6 Å². The van der Waals surface area contributed by atoms with Crippen LogP contribution in [-0.2, 0) is 17.6 Å². The number of piperidine rings is 1. The van der Waals surface area contributed by atoms with Crippen molar-refractivity contribution in [1.29, 1.82) is 0 Å². The van der Waals surface area contributed by atoms with Gasteiger partial charge in [0.05, 0.1) is 13.0 Å². The molecule has 2 aliphatic heterocycles. The molecule has 5 heteroatoms. The van der Waals surface area contributed by atoms with Crippen LogP contribution in [0, 0.1) is 11.7 Å². The largest absolute Gasteiger partial charge is 0.493 e. The van der Waals surface area contributed by atoms with Gasteiger partial charge in [0.25, 0.3) is 0 Å². The molecule has 148 valence electrons. The Morgan fingerprint density at radius 3 is 2.89 bits per heavy atom. The lowest BCUT2D eigenvalue weighted by molar-refractivity contribution is -0.132.